The van der Waals surface area contributed by atoms with Crippen molar-refractivity contribution in [2.75, 3.05) is 0 Å². The van der Waals surface area contributed by atoms with Crippen LogP contribution in [0.15, 0.2) is 35.1 Å². The van der Waals surface area contributed by atoms with Gasteiger partial charge >= 0.3 is 0 Å². The number of aromatic nitrogens is 2. The van der Waals surface area contributed by atoms with Crippen LogP contribution in [0.5, 0.6) is 0 Å². The normalized spacial score (nSPS) is 10.5. The molecule has 5 heteroatoms. The predicted molar refractivity (Wildman–Crippen MR) is 72.3 cm³/mol. The smallest absolute Gasteiger partial charge is 0.204 e. The average Bonchev–Trinajstić information content (AvgIpc) is 2.31. The van der Waals surface area contributed by atoms with Crippen LogP contribution in [0, 0.1) is 6.92 Å². The summed E-state index contributed by atoms with van der Waals surface area (Å²) in [7, 11) is 0. The van der Waals surface area contributed by atoms with Crippen LogP contribution in [-0.4, -0.2) is 9.78 Å². The van der Waals surface area contributed by atoms with Gasteiger partial charge in [0, 0.05) is 17.5 Å². The molecule has 1 aromatic heterocycles. The number of thiol groups is 1. The molecule has 0 N–H and O–H groups in total. The van der Waals surface area contributed by atoms with Crippen LogP contribution in [0.2, 0.25) is 5.02 Å². The molecule has 0 amide bonds. The van der Waals surface area contributed by atoms with E-state index in [1.165, 1.54) is 0 Å². The highest BCUT2D eigenvalue weighted by Gasteiger charge is 2.08. The second-order valence-corrected chi connectivity index (χ2v) is 4.34. The van der Waals surface area contributed by atoms with Crippen LogP contribution >= 0.6 is 24.2 Å². The molecule has 0 spiro atoms. The minimum absolute atomic E-state index is 0.0965. The van der Waals surface area contributed by atoms with Crippen molar-refractivity contribution in [3.8, 4) is 5.69 Å². The summed E-state index contributed by atoms with van der Waals surface area (Å²) in [5.41, 5.74) is 1.82. The SMILES string of the molecule is Cc1cc(=O)c(CS)nn1-c1ccccc1Cl. The summed E-state index contributed by atoms with van der Waals surface area (Å²) in [5, 5.41) is 4.86. The Morgan fingerprint density at radius 3 is 2.76 bits per heavy atom. The van der Waals surface area contributed by atoms with E-state index in [0.29, 0.717) is 16.5 Å². The summed E-state index contributed by atoms with van der Waals surface area (Å²) in [6, 6.07) is 8.91. The highest BCUT2D eigenvalue weighted by molar-refractivity contribution is 7.79. The zero-order chi connectivity index (χ0) is 12.4. The molecule has 0 aliphatic rings. The summed E-state index contributed by atoms with van der Waals surface area (Å²) in [6.45, 7) is 1.82. The summed E-state index contributed by atoms with van der Waals surface area (Å²) in [6.07, 6.45) is 0. The Bertz CT molecular complexity index is 610. The summed E-state index contributed by atoms with van der Waals surface area (Å²) in [4.78, 5) is 11.6. The van der Waals surface area contributed by atoms with Gasteiger partial charge in [-0.2, -0.15) is 17.7 Å². The van der Waals surface area contributed by atoms with Crippen molar-refractivity contribution in [2.45, 2.75) is 12.7 Å². The first-order valence-electron chi connectivity index (χ1n) is 5.09. The third kappa shape index (κ3) is 2.37. The van der Waals surface area contributed by atoms with Crippen molar-refractivity contribution < 1.29 is 0 Å². The summed E-state index contributed by atoms with van der Waals surface area (Å²) in [5.74, 6) is 0.309. The lowest BCUT2D eigenvalue weighted by Gasteiger charge is -2.11. The first-order chi connectivity index (χ1) is 8.13. The van der Waals surface area contributed by atoms with Gasteiger partial charge in [-0.1, -0.05) is 23.7 Å². The van der Waals surface area contributed by atoms with Crippen LogP contribution in [0.25, 0.3) is 5.69 Å². The number of halogens is 1. The second kappa shape index (κ2) is 4.94. The number of nitrogens with zero attached hydrogens (tertiary/aromatic N) is 2. The van der Waals surface area contributed by atoms with Gasteiger partial charge in [0.15, 0.2) is 0 Å². The topological polar surface area (TPSA) is 34.9 Å². The Kier molecular flexibility index (Phi) is 3.54. The van der Waals surface area contributed by atoms with E-state index in [0.717, 1.165) is 11.4 Å². The van der Waals surface area contributed by atoms with E-state index in [2.05, 4.69) is 17.7 Å². The second-order valence-electron chi connectivity index (χ2n) is 3.62. The van der Waals surface area contributed by atoms with Crippen molar-refractivity contribution in [1.82, 2.24) is 9.78 Å². The van der Waals surface area contributed by atoms with E-state index >= 15 is 0 Å². The molecule has 17 heavy (non-hydrogen) atoms. The number of hydrogen-bond donors (Lipinski definition) is 1. The average molecular weight is 267 g/mol. The van der Waals surface area contributed by atoms with Crippen molar-refractivity contribution in [1.29, 1.82) is 0 Å². The lowest BCUT2D eigenvalue weighted by Crippen LogP contribution is -2.17. The van der Waals surface area contributed by atoms with Gasteiger partial charge in [-0.3, -0.25) is 4.79 Å². The fraction of sp³-hybridized carbons (Fsp3) is 0.167. The van der Waals surface area contributed by atoms with Crippen molar-refractivity contribution in [3.05, 3.63) is 57.0 Å². The molecular weight excluding hydrogens is 256 g/mol. The van der Waals surface area contributed by atoms with Gasteiger partial charge in [0.05, 0.1) is 10.7 Å². The molecule has 0 unspecified atom stereocenters. The fourth-order valence-corrected chi connectivity index (χ4v) is 1.99. The molecule has 0 atom stereocenters. The van der Waals surface area contributed by atoms with Gasteiger partial charge in [0.25, 0.3) is 0 Å². The van der Waals surface area contributed by atoms with E-state index in [4.69, 9.17) is 11.6 Å². The maximum Gasteiger partial charge on any atom is 0.204 e. The standard InChI is InChI=1S/C12H11ClN2OS/c1-8-6-12(16)10(7-17)14-15(8)11-5-3-2-4-9(11)13/h2-6,17H,7H2,1H3. The molecule has 2 rings (SSSR count). The minimum Gasteiger partial charge on any atom is -0.288 e. The molecule has 0 radical (unpaired) electrons. The Hall–Kier alpha value is -1.26. The molecule has 0 saturated heterocycles. The Morgan fingerprint density at radius 1 is 1.41 bits per heavy atom. The molecule has 0 saturated carbocycles. The van der Waals surface area contributed by atoms with E-state index in [1.807, 2.05) is 25.1 Å². The molecule has 88 valence electrons. The maximum absolute atomic E-state index is 11.6. The van der Waals surface area contributed by atoms with Crippen LogP contribution in [0.3, 0.4) is 0 Å². The van der Waals surface area contributed by atoms with E-state index < -0.39 is 0 Å². The predicted octanol–water partition coefficient (Wildman–Crippen LogP) is 2.62. The van der Waals surface area contributed by atoms with Crippen LogP contribution in [0.1, 0.15) is 11.4 Å². The highest BCUT2D eigenvalue weighted by Crippen LogP contribution is 2.19. The Morgan fingerprint density at radius 2 is 2.12 bits per heavy atom. The van der Waals surface area contributed by atoms with Gasteiger partial charge < -0.3 is 0 Å². The van der Waals surface area contributed by atoms with Gasteiger partial charge in [0.2, 0.25) is 5.43 Å². The highest BCUT2D eigenvalue weighted by atomic mass is 35.5. The lowest BCUT2D eigenvalue weighted by atomic mass is 10.3. The number of para-hydroxylation sites is 1. The lowest BCUT2D eigenvalue weighted by molar-refractivity contribution is 0.774. The molecule has 2 aromatic rings. The first-order valence-corrected chi connectivity index (χ1v) is 6.10. The monoisotopic (exact) mass is 266 g/mol. The molecule has 0 aliphatic carbocycles. The Labute approximate surface area is 109 Å². The quantitative estimate of drug-likeness (QED) is 0.848. The van der Waals surface area contributed by atoms with Crippen molar-refractivity contribution >= 4 is 24.2 Å². The number of aryl methyl sites for hydroxylation is 1. The molecule has 0 bridgehead atoms. The molecule has 1 aromatic carbocycles. The Balaban J connectivity index is 2.68. The van der Waals surface area contributed by atoms with Crippen LogP contribution in [-0.2, 0) is 5.75 Å². The summed E-state index contributed by atoms with van der Waals surface area (Å²) < 4.78 is 1.66. The third-order valence-electron chi connectivity index (χ3n) is 2.41. The molecule has 3 nitrogen and oxygen atoms in total. The van der Waals surface area contributed by atoms with Gasteiger partial charge in [0.1, 0.15) is 5.69 Å². The van der Waals surface area contributed by atoms with Crippen LogP contribution in [0.4, 0.5) is 0 Å². The molecule has 0 fully saturated rings. The molecule has 0 aliphatic heterocycles. The largest absolute Gasteiger partial charge is 0.288 e. The van der Waals surface area contributed by atoms with E-state index in [-0.39, 0.29) is 5.43 Å². The summed E-state index contributed by atoms with van der Waals surface area (Å²) >= 11 is 10.2. The number of rotatable bonds is 2. The molecular formula is C12H11ClN2OS. The van der Waals surface area contributed by atoms with E-state index in [1.54, 1.807) is 16.8 Å². The first kappa shape index (κ1) is 12.2. The van der Waals surface area contributed by atoms with E-state index in [9.17, 15) is 4.79 Å². The van der Waals surface area contributed by atoms with Crippen LogP contribution < -0.4 is 5.43 Å². The third-order valence-corrected chi connectivity index (χ3v) is 3.03. The van der Waals surface area contributed by atoms with Gasteiger partial charge in [-0.05, 0) is 19.1 Å². The zero-order valence-electron chi connectivity index (χ0n) is 9.22. The van der Waals surface area contributed by atoms with Gasteiger partial charge in [-0.25, -0.2) is 4.68 Å². The van der Waals surface area contributed by atoms with Gasteiger partial charge in [-0.15, -0.1) is 0 Å². The maximum atomic E-state index is 11.6. The van der Waals surface area contributed by atoms with Crippen molar-refractivity contribution in [2.24, 2.45) is 0 Å². The number of hydrogen-bond acceptors (Lipinski definition) is 3. The minimum atomic E-state index is -0.0965. The van der Waals surface area contributed by atoms with Crippen molar-refractivity contribution in [3.63, 3.8) is 0 Å². The molecule has 1 heterocycles. The number of benzene rings is 1. The fourth-order valence-electron chi connectivity index (χ4n) is 1.56. The zero-order valence-corrected chi connectivity index (χ0v) is 10.9.